The molecule has 3 rings (SSSR count). The number of piperidine rings is 1. The Morgan fingerprint density at radius 2 is 2.17 bits per heavy atom. The third-order valence-electron chi connectivity index (χ3n) is 4.60. The van der Waals surface area contributed by atoms with Crippen LogP contribution in [0, 0.1) is 0 Å². The van der Waals surface area contributed by atoms with Gasteiger partial charge < -0.3 is 14.4 Å². The predicted molar refractivity (Wildman–Crippen MR) is 94.3 cm³/mol. The Kier molecular flexibility index (Phi) is 4.83. The maximum absolute atomic E-state index is 12.8. The Labute approximate surface area is 143 Å². The molecule has 3 heterocycles. The van der Waals surface area contributed by atoms with Crippen molar-refractivity contribution in [3.8, 4) is 0 Å². The lowest BCUT2D eigenvalue weighted by molar-refractivity contribution is 0.0677. The summed E-state index contributed by atoms with van der Waals surface area (Å²) >= 11 is 0. The number of aryl methyl sites for hydroxylation is 1. The molecule has 1 fully saturated rings. The predicted octanol–water partition coefficient (Wildman–Crippen LogP) is 2.38. The molecule has 1 atom stereocenters. The van der Waals surface area contributed by atoms with Gasteiger partial charge in [0, 0.05) is 52.2 Å². The van der Waals surface area contributed by atoms with Gasteiger partial charge in [-0.2, -0.15) is 0 Å². The average Bonchev–Trinajstić information content (AvgIpc) is 3.10. The van der Waals surface area contributed by atoms with Crippen LogP contribution in [0.1, 0.15) is 42.0 Å². The molecule has 0 saturated carbocycles. The summed E-state index contributed by atoms with van der Waals surface area (Å²) in [5.74, 6) is 2.01. The van der Waals surface area contributed by atoms with Crippen molar-refractivity contribution in [3.05, 3.63) is 42.1 Å². The highest BCUT2D eigenvalue weighted by Crippen LogP contribution is 2.24. The fraction of sp³-hybridized carbons (Fsp3) is 0.500. The Balaban J connectivity index is 1.73. The first-order valence-electron chi connectivity index (χ1n) is 8.54. The number of pyridine rings is 1. The van der Waals surface area contributed by atoms with Gasteiger partial charge in [0.05, 0.1) is 11.6 Å². The third kappa shape index (κ3) is 3.27. The number of aromatic nitrogens is 3. The average molecular weight is 327 g/mol. The molecule has 6 nitrogen and oxygen atoms in total. The van der Waals surface area contributed by atoms with Gasteiger partial charge in [0.15, 0.2) is 0 Å². The van der Waals surface area contributed by atoms with Crippen LogP contribution < -0.4 is 4.90 Å². The highest BCUT2D eigenvalue weighted by Gasteiger charge is 2.26. The molecule has 0 spiro atoms. The van der Waals surface area contributed by atoms with Gasteiger partial charge in [-0.1, -0.05) is 6.92 Å². The molecule has 1 saturated heterocycles. The van der Waals surface area contributed by atoms with Gasteiger partial charge in [0.25, 0.3) is 5.91 Å². The molecular weight excluding hydrogens is 302 g/mol. The van der Waals surface area contributed by atoms with Gasteiger partial charge in [-0.05, 0) is 25.0 Å². The fourth-order valence-corrected chi connectivity index (χ4v) is 3.28. The molecule has 0 N–H and O–H groups in total. The summed E-state index contributed by atoms with van der Waals surface area (Å²) in [5.41, 5.74) is 0.655. The normalized spacial score (nSPS) is 17.8. The van der Waals surface area contributed by atoms with E-state index in [0.29, 0.717) is 11.6 Å². The molecule has 0 bridgehead atoms. The van der Waals surface area contributed by atoms with Crippen LogP contribution in [0.3, 0.4) is 0 Å². The van der Waals surface area contributed by atoms with Crippen molar-refractivity contribution in [1.29, 1.82) is 0 Å². The Morgan fingerprint density at radius 1 is 1.33 bits per heavy atom. The Hall–Kier alpha value is -2.37. The van der Waals surface area contributed by atoms with Gasteiger partial charge in [-0.3, -0.25) is 4.79 Å². The van der Waals surface area contributed by atoms with Crippen molar-refractivity contribution in [2.45, 2.75) is 32.2 Å². The second kappa shape index (κ2) is 7.03. The highest BCUT2D eigenvalue weighted by atomic mass is 16.2. The number of hydrogen-bond donors (Lipinski definition) is 0. The van der Waals surface area contributed by atoms with Crippen molar-refractivity contribution >= 4 is 11.7 Å². The lowest BCUT2D eigenvalue weighted by Crippen LogP contribution is -2.41. The minimum absolute atomic E-state index is 0.0654. The van der Waals surface area contributed by atoms with Crippen LogP contribution in [0.25, 0.3) is 0 Å². The van der Waals surface area contributed by atoms with Crippen LogP contribution in [0.4, 0.5) is 5.82 Å². The zero-order valence-electron chi connectivity index (χ0n) is 14.6. The van der Waals surface area contributed by atoms with E-state index in [1.165, 1.54) is 0 Å². The molecule has 2 aromatic rings. The maximum atomic E-state index is 12.8. The monoisotopic (exact) mass is 327 g/mol. The minimum atomic E-state index is 0.0654. The van der Waals surface area contributed by atoms with E-state index in [1.54, 1.807) is 6.20 Å². The van der Waals surface area contributed by atoms with E-state index in [2.05, 4.69) is 21.5 Å². The number of imidazole rings is 1. The van der Waals surface area contributed by atoms with Crippen molar-refractivity contribution < 1.29 is 4.79 Å². The lowest BCUT2D eigenvalue weighted by Gasteiger charge is -2.34. The highest BCUT2D eigenvalue weighted by molar-refractivity contribution is 5.94. The molecule has 1 unspecified atom stereocenters. The SMILES string of the molecule is CCc1nccn1C1CCCN(C(=O)c2ccc(N(C)C)nc2)C1. The zero-order chi connectivity index (χ0) is 17.1. The molecular formula is C18H25N5O. The zero-order valence-corrected chi connectivity index (χ0v) is 14.6. The van der Waals surface area contributed by atoms with E-state index in [1.807, 2.05) is 48.4 Å². The maximum Gasteiger partial charge on any atom is 0.255 e. The number of likely N-dealkylation sites (tertiary alicyclic amines) is 1. The summed E-state index contributed by atoms with van der Waals surface area (Å²) in [6.07, 6.45) is 8.57. The van der Waals surface area contributed by atoms with Crippen molar-refractivity contribution in [2.24, 2.45) is 0 Å². The number of amides is 1. The van der Waals surface area contributed by atoms with E-state index in [0.717, 1.165) is 44.0 Å². The molecule has 1 aliphatic rings. The number of anilines is 1. The fourth-order valence-electron chi connectivity index (χ4n) is 3.28. The van der Waals surface area contributed by atoms with Gasteiger partial charge in [0.2, 0.25) is 0 Å². The van der Waals surface area contributed by atoms with Crippen molar-refractivity contribution in [3.63, 3.8) is 0 Å². The third-order valence-corrected chi connectivity index (χ3v) is 4.60. The quantitative estimate of drug-likeness (QED) is 0.865. The number of hydrogen-bond acceptors (Lipinski definition) is 4. The smallest absolute Gasteiger partial charge is 0.255 e. The molecule has 24 heavy (non-hydrogen) atoms. The standard InChI is InChI=1S/C18H25N5O/c1-4-16-19-9-11-23(16)15-6-5-10-22(13-15)18(24)14-7-8-17(20-12-14)21(2)3/h7-9,11-12,15H,4-6,10,13H2,1-3H3. The summed E-state index contributed by atoms with van der Waals surface area (Å²) in [5, 5.41) is 0. The van der Waals surface area contributed by atoms with Crippen LogP contribution in [0.5, 0.6) is 0 Å². The summed E-state index contributed by atoms with van der Waals surface area (Å²) < 4.78 is 2.23. The largest absolute Gasteiger partial charge is 0.363 e. The molecule has 0 aromatic carbocycles. The van der Waals surface area contributed by atoms with Gasteiger partial charge >= 0.3 is 0 Å². The Morgan fingerprint density at radius 3 is 2.83 bits per heavy atom. The summed E-state index contributed by atoms with van der Waals surface area (Å²) in [6, 6.07) is 4.07. The van der Waals surface area contributed by atoms with E-state index < -0.39 is 0 Å². The number of carbonyl (C=O) groups is 1. The summed E-state index contributed by atoms with van der Waals surface area (Å²) in [7, 11) is 3.88. The molecule has 2 aromatic heterocycles. The molecule has 0 aliphatic carbocycles. The van der Waals surface area contributed by atoms with Crippen LogP contribution in [-0.2, 0) is 6.42 Å². The van der Waals surface area contributed by atoms with Crippen molar-refractivity contribution in [1.82, 2.24) is 19.4 Å². The van der Waals surface area contributed by atoms with Crippen LogP contribution >= 0.6 is 0 Å². The molecule has 128 valence electrons. The van der Waals surface area contributed by atoms with Gasteiger partial charge in [-0.25, -0.2) is 9.97 Å². The molecule has 6 heteroatoms. The number of rotatable bonds is 4. The van der Waals surface area contributed by atoms with Crippen LogP contribution in [-0.4, -0.2) is 52.5 Å². The van der Waals surface area contributed by atoms with Gasteiger partial charge in [0.1, 0.15) is 11.6 Å². The summed E-state index contributed by atoms with van der Waals surface area (Å²) in [4.78, 5) is 25.4. The van der Waals surface area contributed by atoms with Crippen LogP contribution in [0.15, 0.2) is 30.7 Å². The minimum Gasteiger partial charge on any atom is -0.363 e. The lowest BCUT2D eigenvalue weighted by atomic mass is 10.0. The van der Waals surface area contributed by atoms with Crippen LogP contribution in [0.2, 0.25) is 0 Å². The number of carbonyl (C=O) groups excluding carboxylic acids is 1. The van der Waals surface area contributed by atoms with E-state index in [4.69, 9.17) is 0 Å². The molecule has 1 amide bonds. The molecule has 0 radical (unpaired) electrons. The number of nitrogens with zero attached hydrogens (tertiary/aromatic N) is 5. The second-order valence-electron chi connectivity index (χ2n) is 6.45. The second-order valence-corrected chi connectivity index (χ2v) is 6.45. The van der Waals surface area contributed by atoms with E-state index in [-0.39, 0.29) is 5.91 Å². The first-order valence-corrected chi connectivity index (χ1v) is 8.54. The van der Waals surface area contributed by atoms with E-state index in [9.17, 15) is 4.79 Å². The van der Waals surface area contributed by atoms with E-state index >= 15 is 0 Å². The first-order chi connectivity index (χ1) is 11.6. The van der Waals surface area contributed by atoms with Crippen molar-refractivity contribution in [2.75, 3.05) is 32.1 Å². The first kappa shape index (κ1) is 16.5. The topological polar surface area (TPSA) is 54.3 Å². The summed E-state index contributed by atoms with van der Waals surface area (Å²) in [6.45, 7) is 3.65. The Bertz CT molecular complexity index is 692. The van der Waals surface area contributed by atoms with Gasteiger partial charge in [-0.15, -0.1) is 0 Å². The molecule has 1 aliphatic heterocycles.